The third-order valence-corrected chi connectivity index (χ3v) is 3.24. The van der Waals surface area contributed by atoms with Crippen molar-refractivity contribution in [1.82, 2.24) is 5.32 Å². The first-order valence-electron chi connectivity index (χ1n) is 6.41. The van der Waals surface area contributed by atoms with Gasteiger partial charge in [0, 0.05) is 13.7 Å². The average Bonchev–Trinajstić information content (AvgIpc) is 2.29. The van der Waals surface area contributed by atoms with E-state index in [2.05, 4.69) is 50.4 Å². The summed E-state index contributed by atoms with van der Waals surface area (Å²) in [5, 5.41) is 3.51. The fourth-order valence-corrected chi connectivity index (χ4v) is 1.68. The van der Waals surface area contributed by atoms with Gasteiger partial charge in [-0.3, -0.25) is 0 Å². The lowest BCUT2D eigenvalue weighted by atomic mass is 9.98. The topological polar surface area (TPSA) is 21.3 Å². The van der Waals surface area contributed by atoms with Gasteiger partial charge >= 0.3 is 0 Å². The zero-order chi connectivity index (χ0) is 12.7. The Morgan fingerprint density at radius 1 is 1.18 bits per heavy atom. The van der Waals surface area contributed by atoms with Gasteiger partial charge in [0.2, 0.25) is 0 Å². The van der Waals surface area contributed by atoms with Crippen LogP contribution in [0.5, 0.6) is 0 Å². The van der Waals surface area contributed by atoms with Crippen LogP contribution in [0.1, 0.15) is 31.9 Å². The smallest absolute Gasteiger partial charge is 0.0713 e. The second-order valence-electron chi connectivity index (χ2n) is 5.11. The number of methoxy groups -OCH3 is 1. The van der Waals surface area contributed by atoms with E-state index in [4.69, 9.17) is 4.74 Å². The highest BCUT2D eigenvalue weighted by Gasteiger charge is 2.05. The predicted octanol–water partition coefficient (Wildman–Crippen LogP) is 3.21. The van der Waals surface area contributed by atoms with Gasteiger partial charge in [-0.1, -0.05) is 45.0 Å². The molecule has 17 heavy (non-hydrogen) atoms. The Bertz CT molecular complexity index is 322. The predicted molar refractivity (Wildman–Crippen MR) is 72.9 cm³/mol. The van der Waals surface area contributed by atoms with Crippen LogP contribution in [0.3, 0.4) is 0 Å². The zero-order valence-corrected chi connectivity index (χ0v) is 11.5. The quantitative estimate of drug-likeness (QED) is 0.783. The third-order valence-electron chi connectivity index (χ3n) is 3.24. The lowest BCUT2D eigenvalue weighted by Crippen LogP contribution is -2.23. The molecule has 1 aromatic carbocycles. The van der Waals surface area contributed by atoms with E-state index < -0.39 is 0 Å². The van der Waals surface area contributed by atoms with Crippen molar-refractivity contribution in [2.24, 2.45) is 11.8 Å². The standard InChI is InChI=1S/C15H25NO/c1-12(2)13(3)9-16-10-14-6-5-7-15(8-14)11-17-4/h5-8,12-13,16H,9-11H2,1-4H3. The molecule has 0 spiro atoms. The van der Waals surface area contributed by atoms with Gasteiger partial charge in [-0.2, -0.15) is 0 Å². The lowest BCUT2D eigenvalue weighted by molar-refractivity contribution is 0.185. The highest BCUT2D eigenvalue weighted by atomic mass is 16.5. The number of ether oxygens (including phenoxy) is 1. The molecule has 0 bridgehead atoms. The molecule has 0 aliphatic heterocycles. The van der Waals surface area contributed by atoms with Crippen LogP contribution >= 0.6 is 0 Å². The summed E-state index contributed by atoms with van der Waals surface area (Å²) >= 11 is 0. The number of nitrogens with one attached hydrogen (secondary N) is 1. The lowest BCUT2D eigenvalue weighted by Gasteiger charge is -2.16. The first kappa shape index (κ1) is 14.2. The van der Waals surface area contributed by atoms with E-state index >= 15 is 0 Å². The molecule has 1 atom stereocenters. The summed E-state index contributed by atoms with van der Waals surface area (Å²) in [5.41, 5.74) is 2.57. The molecule has 1 rings (SSSR count). The minimum atomic E-state index is 0.691. The molecule has 2 heteroatoms. The van der Waals surface area contributed by atoms with Crippen molar-refractivity contribution in [3.8, 4) is 0 Å². The van der Waals surface area contributed by atoms with E-state index in [0.717, 1.165) is 24.9 Å². The molecule has 1 aromatic rings. The second kappa shape index (κ2) is 7.46. The van der Waals surface area contributed by atoms with E-state index in [1.165, 1.54) is 11.1 Å². The van der Waals surface area contributed by atoms with Gasteiger partial charge in [0.15, 0.2) is 0 Å². The molecule has 0 aromatic heterocycles. The second-order valence-corrected chi connectivity index (χ2v) is 5.11. The molecule has 0 amide bonds. The summed E-state index contributed by atoms with van der Waals surface area (Å²) in [6.45, 7) is 9.53. The van der Waals surface area contributed by atoms with Crippen LogP contribution in [0.25, 0.3) is 0 Å². The molecule has 0 heterocycles. The van der Waals surface area contributed by atoms with Crippen LogP contribution in [0.2, 0.25) is 0 Å². The molecular weight excluding hydrogens is 210 g/mol. The van der Waals surface area contributed by atoms with Crippen LogP contribution in [0.15, 0.2) is 24.3 Å². The summed E-state index contributed by atoms with van der Waals surface area (Å²) < 4.78 is 5.14. The summed E-state index contributed by atoms with van der Waals surface area (Å²) in [5.74, 6) is 1.46. The maximum atomic E-state index is 5.14. The van der Waals surface area contributed by atoms with Crippen LogP contribution in [0.4, 0.5) is 0 Å². The number of rotatable bonds is 7. The Morgan fingerprint density at radius 2 is 1.88 bits per heavy atom. The highest BCUT2D eigenvalue weighted by Crippen LogP contribution is 2.09. The monoisotopic (exact) mass is 235 g/mol. The zero-order valence-electron chi connectivity index (χ0n) is 11.5. The normalized spacial score (nSPS) is 13.0. The van der Waals surface area contributed by atoms with Gasteiger partial charge < -0.3 is 10.1 Å². The van der Waals surface area contributed by atoms with Crippen LogP contribution in [-0.4, -0.2) is 13.7 Å². The Labute approximate surface area is 105 Å². The van der Waals surface area contributed by atoms with Gasteiger partial charge in [-0.05, 0) is 29.5 Å². The average molecular weight is 235 g/mol. The van der Waals surface area contributed by atoms with Crippen molar-refractivity contribution in [3.63, 3.8) is 0 Å². The molecule has 0 fully saturated rings. The molecule has 0 saturated carbocycles. The Morgan fingerprint density at radius 3 is 2.53 bits per heavy atom. The minimum absolute atomic E-state index is 0.691. The number of hydrogen-bond donors (Lipinski definition) is 1. The van der Waals surface area contributed by atoms with Crippen LogP contribution in [0, 0.1) is 11.8 Å². The first-order chi connectivity index (χ1) is 8.13. The Balaban J connectivity index is 2.38. The molecule has 0 aliphatic carbocycles. The maximum absolute atomic E-state index is 5.14. The molecule has 2 nitrogen and oxygen atoms in total. The molecule has 0 saturated heterocycles. The van der Waals surface area contributed by atoms with Gasteiger partial charge in [0.1, 0.15) is 0 Å². The summed E-state index contributed by atoms with van der Waals surface area (Å²) in [6.07, 6.45) is 0. The summed E-state index contributed by atoms with van der Waals surface area (Å²) in [6, 6.07) is 8.56. The molecule has 0 radical (unpaired) electrons. The largest absolute Gasteiger partial charge is 0.380 e. The van der Waals surface area contributed by atoms with E-state index in [9.17, 15) is 0 Å². The molecule has 96 valence electrons. The first-order valence-corrected chi connectivity index (χ1v) is 6.41. The van der Waals surface area contributed by atoms with Crippen molar-refractivity contribution in [2.45, 2.75) is 33.9 Å². The van der Waals surface area contributed by atoms with Crippen molar-refractivity contribution >= 4 is 0 Å². The van der Waals surface area contributed by atoms with Crippen molar-refractivity contribution < 1.29 is 4.74 Å². The van der Waals surface area contributed by atoms with Crippen LogP contribution in [-0.2, 0) is 17.9 Å². The van der Waals surface area contributed by atoms with Crippen molar-refractivity contribution in [3.05, 3.63) is 35.4 Å². The number of hydrogen-bond acceptors (Lipinski definition) is 2. The molecule has 1 unspecified atom stereocenters. The highest BCUT2D eigenvalue weighted by molar-refractivity contribution is 5.22. The summed E-state index contributed by atoms with van der Waals surface area (Å²) in [7, 11) is 1.73. The van der Waals surface area contributed by atoms with Gasteiger partial charge in [-0.25, -0.2) is 0 Å². The van der Waals surface area contributed by atoms with Crippen molar-refractivity contribution in [2.75, 3.05) is 13.7 Å². The van der Waals surface area contributed by atoms with Gasteiger partial charge in [0.25, 0.3) is 0 Å². The van der Waals surface area contributed by atoms with E-state index in [1.807, 2.05) is 0 Å². The van der Waals surface area contributed by atoms with Crippen LogP contribution < -0.4 is 5.32 Å². The molecule has 1 N–H and O–H groups in total. The Kier molecular flexibility index (Phi) is 6.23. The van der Waals surface area contributed by atoms with Gasteiger partial charge in [-0.15, -0.1) is 0 Å². The molecular formula is C15H25NO. The number of benzene rings is 1. The van der Waals surface area contributed by atoms with Gasteiger partial charge in [0.05, 0.1) is 6.61 Å². The van der Waals surface area contributed by atoms with E-state index in [0.29, 0.717) is 6.61 Å². The summed E-state index contributed by atoms with van der Waals surface area (Å²) in [4.78, 5) is 0. The van der Waals surface area contributed by atoms with E-state index in [1.54, 1.807) is 7.11 Å². The fraction of sp³-hybridized carbons (Fsp3) is 0.600. The third kappa shape index (κ3) is 5.33. The van der Waals surface area contributed by atoms with E-state index in [-0.39, 0.29) is 0 Å². The Hall–Kier alpha value is -0.860. The fourth-order valence-electron chi connectivity index (χ4n) is 1.68. The molecule has 0 aliphatic rings. The minimum Gasteiger partial charge on any atom is -0.380 e. The SMILES string of the molecule is COCc1cccc(CNCC(C)C(C)C)c1. The maximum Gasteiger partial charge on any atom is 0.0713 e. The van der Waals surface area contributed by atoms with Crippen molar-refractivity contribution in [1.29, 1.82) is 0 Å².